The van der Waals surface area contributed by atoms with Crippen LogP contribution in [0.2, 0.25) is 10.0 Å². The van der Waals surface area contributed by atoms with E-state index in [-0.39, 0.29) is 36.4 Å². The summed E-state index contributed by atoms with van der Waals surface area (Å²) in [5.41, 5.74) is 2.14. The van der Waals surface area contributed by atoms with Crippen molar-refractivity contribution in [1.82, 2.24) is 16.0 Å². The topological polar surface area (TPSA) is 85.8 Å². The number of amides is 1. The molecule has 0 aliphatic rings. The molecule has 2 aromatic carbocycles. The molecule has 0 bridgehead atoms. The van der Waals surface area contributed by atoms with Crippen molar-refractivity contribution in [3.05, 3.63) is 69.2 Å². The lowest BCUT2D eigenvalue weighted by Gasteiger charge is -2.16. The summed E-state index contributed by atoms with van der Waals surface area (Å²) in [6.45, 7) is 5.72. The first-order valence-corrected chi connectivity index (χ1v) is 10.2. The molecule has 0 spiro atoms. The summed E-state index contributed by atoms with van der Waals surface area (Å²) in [5.74, 6) is 0.453. The van der Waals surface area contributed by atoms with Crippen molar-refractivity contribution in [3.63, 3.8) is 0 Å². The van der Waals surface area contributed by atoms with Gasteiger partial charge in [0.25, 0.3) is 5.91 Å². The monoisotopic (exact) mass is 564 g/mol. The molecule has 0 saturated heterocycles. The van der Waals surface area contributed by atoms with Crippen LogP contribution in [0.15, 0.2) is 47.5 Å². The fourth-order valence-corrected chi connectivity index (χ4v) is 3.21. The van der Waals surface area contributed by atoms with Gasteiger partial charge in [-0.15, -0.1) is 24.0 Å². The maximum absolute atomic E-state index is 12.0. The Hall–Kier alpha value is -1.55. The zero-order valence-corrected chi connectivity index (χ0v) is 20.8. The molecule has 2 aromatic rings. The van der Waals surface area contributed by atoms with Gasteiger partial charge in [-0.1, -0.05) is 35.3 Å². The Morgan fingerprint density at radius 1 is 1.03 bits per heavy atom. The van der Waals surface area contributed by atoms with Gasteiger partial charge in [0.2, 0.25) is 0 Å². The van der Waals surface area contributed by atoms with E-state index in [2.05, 4.69) is 20.9 Å². The van der Waals surface area contributed by atoms with Crippen LogP contribution in [0.3, 0.4) is 0 Å². The van der Waals surface area contributed by atoms with Gasteiger partial charge in [-0.3, -0.25) is 4.79 Å². The second-order valence-electron chi connectivity index (χ2n) is 6.35. The number of halogens is 3. The highest BCUT2D eigenvalue weighted by atomic mass is 127. The third-order valence-electron chi connectivity index (χ3n) is 4.02. The van der Waals surface area contributed by atoms with E-state index in [9.17, 15) is 9.90 Å². The van der Waals surface area contributed by atoms with E-state index in [1.807, 2.05) is 32.0 Å². The predicted molar refractivity (Wildman–Crippen MR) is 134 cm³/mol. The Morgan fingerprint density at radius 2 is 1.70 bits per heavy atom. The van der Waals surface area contributed by atoms with Crippen molar-refractivity contribution in [3.8, 4) is 0 Å². The van der Waals surface area contributed by atoms with Crippen molar-refractivity contribution in [2.45, 2.75) is 26.5 Å². The Balaban J connectivity index is 0.00000450. The number of hydrogen-bond acceptors (Lipinski definition) is 3. The fourth-order valence-electron chi connectivity index (χ4n) is 2.66. The molecule has 0 saturated carbocycles. The second-order valence-corrected chi connectivity index (χ2v) is 7.23. The number of rotatable bonds is 8. The summed E-state index contributed by atoms with van der Waals surface area (Å²) in [6.07, 6.45) is -0.795. The van der Waals surface area contributed by atoms with E-state index in [1.165, 1.54) is 0 Å². The molecule has 9 heteroatoms. The third-order valence-corrected chi connectivity index (χ3v) is 4.46. The predicted octanol–water partition coefficient (Wildman–Crippen LogP) is 4.15. The Kier molecular flexibility index (Phi) is 12.1. The van der Waals surface area contributed by atoms with Crippen LogP contribution < -0.4 is 16.0 Å². The molecule has 164 valence electrons. The molecule has 0 fully saturated rings. The van der Waals surface area contributed by atoms with Crippen molar-refractivity contribution in [2.24, 2.45) is 4.99 Å². The number of guanidine groups is 1. The van der Waals surface area contributed by atoms with Gasteiger partial charge in [0.15, 0.2) is 5.96 Å². The van der Waals surface area contributed by atoms with Gasteiger partial charge < -0.3 is 21.1 Å². The maximum atomic E-state index is 12.0. The molecule has 1 unspecified atom stereocenters. The van der Waals surface area contributed by atoms with Crippen LogP contribution in [0, 0.1) is 0 Å². The van der Waals surface area contributed by atoms with Crippen molar-refractivity contribution >= 4 is 59.0 Å². The molecule has 6 nitrogen and oxygen atoms in total. The lowest BCUT2D eigenvalue weighted by Crippen LogP contribution is -2.39. The quantitative estimate of drug-likeness (QED) is 0.220. The number of aliphatic imine (C=N–C) groups is 1. The number of carbonyl (C=O) groups excluding carboxylic acids is 1. The molecule has 0 heterocycles. The van der Waals surface area contributed by atoms with Crippen molar-refractivity contribution in [1.29, 1.82) is 0 Å². The highest BCUT2D eigenvalue weighted by molar-refractivity contribution is 14.0. The molecular formula is C21H27Cl2IN4O2. The smallest absolute Gasteiger partial charge is 0.251 e. The second kappa shape index (κ2) is 13.7. The van der Waals surface area contributed by atoms with E-state index in [0.717, 1.165) is 5.56 Å². The third kappa shape index (κ3) is 8.67. The van der Waals surface area contributed by atoms with Gasteiger partial charge in [0.1, 0.15) is 0 Å². The van der Waals surface area contributed by atoms with Crippen LogP contribution in [0.4, 0.5) is 0 Å². The number of aliphatic hydroxyl groups excluding tert-OH is 1. The number of nitrogens with zero attached hydrogens (tertiary/aromatic N) is 1. The highest BCUT2D eigenvalue weighted by Gasteiger charge is 2.11. The summed E-state index contributed by atoms with van der Waals surface area (Å²) in [7, 11) is 0. The van der Waals surface area contributed by atoms with Gasteiger partial charge in [0, 0.05) is 35.2 Å². The standard InChI is InChI=1S/C21H26Cl2N4O2.HI/c1-3-24-20(29)15-7-5-6-14(8-15)12-26-21(25-4-2)27-13-19(28)16-9-17(22)11-18(23)10-16;/h5-11,19,28H,3-4,12-13H2,1-2H3,(H,24,29)(H2,25,26,27);1H. The van der Waals surface area contributed by atoms with Gasteiger partial charge in [-0.2, -0.15) is 0 Å². The van der Waals surface area contributed by atoms with Crippen LogP contribution in [0.1, 0.15) is 41.4 Å². The Morgan fingerprint density at radius 3 is 2.33 bits per heavy atom. The summed E-state index contributed by atoms with van der Waals surface area (Å²) in [5, 5.41) is 20.4. The average molecular weight is 565 g/mol. The van der Waals surface area contributed by atoms with E-state index in [1.54, 1.807) is 24.3 Å². The number of aliphatic hydroxyl groups is 1. The van der Waals surface area contributed by atoms with Gasteiger partial charge in [-0.25, -0.2) is 4.99 Å². The molecule has 0 aromatic heterocycles. The molecular weight excluding hydrogens is 538 g/mol. The van der Waals surface area contributed by atoms with Gasteiger partial charge in [0.05, 0.1) is 12.6 Å². The highest BCUT2D eigenvalue weighted by Crippen LogP contribution is 2.23. The zero-order chi connectivity index (χ0) is 21.2. The van der Waals surface area contributed by atoms with E-state index in [4.69, 9.17) is 23.2 Å². The first kappa shape index (κ1) is 26.5. The fraction of sp³-hybridized carbons (Fsp3) is 0.333. The largest absolute Gasteiger partial charge is 0.387 e. The first-order valence-electron chi connectivity index (χ1n) is 9.46. The molecule has 0 radical (unpaired) electrons. The molecule has 0 aliphatic carbocycles. The summed E-state index contributed by atoms with van der Waals surface area (Å²) in [4.78, 5) is 16.5. The maximum Gasteiger partial charge on any atom is 0.251 e. The average Bonchev–Trinajstić information content (AvgIpc) is 2.69. The molecule has 1 amide bonds. The van der Waals surface area contributed by atoms with Crippen LogP contribution in [-0.2, 0) is 6.54 Å². The molecule has 2 rings (SSSR count). The van der Waals surface area contributed by atoms with E-state index >= 15 is 0 Å². The number of hydrogen-bond donors (Lipinski definition) is 4. The molecule has 4 N–H and O–H groups in total. The summed E-state index contributed by atoms with van der Waals surface area (Å²) < 4.78 is 0. The first-order chi connectivity index (χ1) is 13.9. The number of nitrogens with one attached hydrogen (secondary N) is 3. The SMILES string of the molecule is CCNC(=O)c1cccc(CN=C(NCC)NCC(O)c2cc(Cl)cc(Cl)c2)c1.I. The van der Waals surface area contributed by atoms with Crippen LogP contribution in [-0.4, -0.2) is 36.6 Å². The van der Waals surface area contributed by atoms with Crippen LogP contribution in [0.25, 0.3) is 0 Å². The minimum atomic E-state index is -0.795. The van der Waals surface area contributed by atoms with Crippen molar-refractivity contribution < 1.29 is 9.90 Å². The lowest BCUT2D eigenvalue weighted by atomic mass is 10.1. The molecule has 0 aliphatic heterocycles. The lowest BCUT2D eigenvalue weighted by molar-refractivity contribution is 0.0955. The normalized spacial score (nSPS) is 12.0. The number of carbonyl (C=O) groups is 1. The summed E-state index contributed by atoms with van der Waals surface area (Å²) in [6, 6.07) is 12.3. The number of benzene rings is 2. The Bertz CT molecular complexity index is 844. The van der Waals surface area contributed by atoms with Gasteiger partial charge >= 0.3 is 0 Å². The van der Waals surface area contributed by atoms with E-state index < -0.39 is 6.10 Å². The summed E-state index contributed by atoms with van der Waals surface area (Å²) >= 11 is 12.0. The van der Waals surface area contributed by atoms with Crippen molar-refractivity contribution in [2.75, 3.05) is 19.6 Å². The minimum Gasteiger partial charge on any atom is -0.387 e. The molecule has 1 atom stereocenters. The molecule has 30 heavy (non-hydrogen) atoms. The minimum absolute atomic E-state index is 0. The Labute approximate surface area is 204 Å². The van der Waals surface area contributed by atoms with E-state index in [0.29, 0.717) is 46.8 Å². The van der Waals surface area contributed by atoms with Crippen LogP contribution >= 0.6 is 47.2 Å². The van der Waals surface area contributed by atoms with Gasteiger partial charge in [-0.05, 0) is 55.3 Å². The van der Waals surface area contributed by atoms with Crippen LogP contribution in [0.5, 0.6) is 0 Å². The zero-order valence-electron chi connectivity index (χ0n) is 16.9.